The average molecular weight is 681 g/mol. The number of hydrogen-bond donors (Lipinski definition) is 2. The topological polar surface area (TPSA) is 106 Å². The lowest BCUT2D eigenvalue weighted by Gasteiger charge is -2.33. The number of carbonyl (C=O) groups is 1. The number of esters is 1. The van der Waals surface area contributed by atoms with Gasteiger partial charge in [0.05, 0.1) is 12.3 Å². The van der Waals surface area contributed by atoms with Crippen LogP contribution in [0.2, 0.25) is 0 Å². The van der Waals surface area contributed by atoms with Crippen LogP contribution in [0.1, 0.15) is 67.5 Å². The van der Waals surface area contributed by atoms with Gasteiger partial charge in [-0.1, -0.05) is 35.9 Å². The third-order valence-corrected chi connectivity index (χ3v) is 9.36. The van der Waals surface area contributed by atoms with Crippen molar-refractivity contribution >= 4 is 23.1 Å². The van der Waals surface area contributed by atoms with Crippen molar-refractivity contribution in [1.29, 1.82) is 0 Å². The van der Waals surface area contributed by atoms with Gasteiger partial charge < -0.3 is 19.8 Å². The first-order chi connectivity index (χ1) is 24.3. The number of allylic oxidation sites excluding steroid dienone is 1. The van der Waals surface area contributed by atoms with E-state index in [9.17, 15) is 4.79 Å². The zero-order valence-corrected chi connectivity index (χ0v) is 28.6. The van der Waals surface area contributed by atoms with Crippen molar-refractivity contribution in [3.63, 3.8) is 0 Å². The van der Waals surface area contributed by atoms with E-state index in [0.717, 1.165) is 53.6 Å². The number of hydrogen-bond acceptors (Lipinski definition) is 7. The van der Waals surface area contributed by atoms with Crippen LogP contribution < -0.4 is 10.1 Å². The van der Waals surface area contributed by atoms with Crippen LogP contribution in [0.5, 0.6) is 11.5 Å². The summed E-state index contributed by atoms with van der Waals surface area (Å²) in [6.07, 6.45) is 11.5. The maximum atomic E-state index is 15.6. The molecule has 50 heavy (non-hydrogen) atoms. The quantitative estimate of drug-likeness (QED) is 0.178. The number of rotatable bonds is 6. The third-order valence-electron chi connectivity index (χ3n) is 9.36. The number of aromatic nitrogens is 4. The molecule has 0 aliphatic carbocycles. The van der Waals surface area contributed by atoms with Crippen molar-refractivity contribution in [3.8, 4) is 11.5 Å². The molecule has 1 unspecified atom stereocenters. The predicted molar refractivity (Wildman–Crippen MR) is 189 cm³/mol. The minimum atomic E-state index is -0.526. The summed E-state index contributed by atoms with van der Waals surface area (Å²) in [6.45, 7) is 4.79. The van der Waals surface area contributed by atoms with E-state index in [2.05, 4.69) is 44.7 Å². The molecule has 9 nitrogen and oxygen atoms in total. The summed E-state index contributed by atoms with van der Waals surface area (Å²) in [6, 6.07) is 15.8. The summed E-state index contributed by atoms with van der Waals surface area (Å²) in [7, 11) is 1.85. The summed E-state index contributed by atoms with van der Waals surface area (Å²) in [4.78, 5) is 19.7. The van der Waals surface area contributed by atoms with E-state index in [1.54, 1.807) is 24.0 Å². The van der Waals surface area contributed by atoms with E-state index >= 15 is 8.78 Å². The summed E-state index contributed by atoms with van der Waals surface area (Å²) < 4.78 is 43.7. The number of nitrogens with zero attached hydrogens (tertiary/aromatic N) is 4. The largest absolute Gasteiger partial charge is 0.466 e. The molecule has 5 aromatic rings. The SMILES string of the molecule is CCOC(=O)CCc1cccc(C2(C)CCCCc3cn(nn3)CCc3c(c(F)cc4[nH]ccc34)Oc3ccc(F)c(c3)C=N/C=C/2NC)c1. The van der Waals surface area contributed by atoms with Crippen LogP contribution in [0.15, 0.2) is 83.9 Å². The van der Waals surface area contributed by atoms with Crippen molar-refractivity contribution in [3.05, 3.63) is 118 Å². The van der Waals surface area contributed by atoms with Gasteiger partial charge in [0, 0.05) is 84.0 Å². The molecule has 1 aliphatic rings. The molecule has 0 saturated heterocycles. The molecule has 0 fully saturated rings. The summed E-state index contributed by atoms with van der Waals surface area (Å²) >= 11 is 0. The van der Waals surface area contributed by atoms with Gasteiger partial charge in [-0.3, -0.25) is 14.5 Å². The average Bonchev–Trinajstić information content (AvgIpc) is 3.78. The van der Waals surface area contributed by atoms with E-state index in [4.69, 9.17) is 9.47 Å². The number of aryl methyl sites for hydroxylation is 4. The van der Waals surface area contributed by atoms with Gasteiger partial charge >= 0.3 is 5.97 Å². The smallest absolute Gasteiger partial charge is 0.306 e. The highest BCUT2D eigenvalue weighted by atomic mass is 19.1. The van der Waals surface area contributed by atoms with Gasteiger partial charge in [0.15, 0.2) is 11.6 Å². The Kier molecular flexibility index (Phi) is 10.7. The number of carbonyl (C=O) groups excluding carboxylic acids is 1. The molecule has 6 rings (SSSR count). The fraction of sp³-hybridized carbons (Fsp3) is 0.333. The number of ether oxygens (including phenoxy) is 2. The summed E-state index contributed by atoms with van der Waals surface area (Å²) in [5.41, 5.74) is 4.89. The lowest BCUT2D eigenvalue weighted by molar-refractivity contribution is -0.143. The second kappa shape index (κ2) is 15.5. The standard InChI is InChI=1S/C39H42F2N6O3/c1-4-49-37(48)14-11-26-8-7-9-28(20-26)39(2)17-6-5-10-29-25-47(46-45-29)19-16-32-31-15-18-44-35(31)22-34(41)38(32)50-30-12-13-33(40)27(21-30)23-43-24-36(39)42-3/h7-9,12-13,15,18,20-25,42,44H,4-6,10-11,14,16-17,19H2,1-3H3/b36-24-,43-23?. The number of aromatic amines is 1. The molecule has 3 heterocycles. The second-order valence-electron chi connectivity index (χ2n) is 12.7. The molecule has 0 amide bonds. The van der Waals surface area contributed by atoms with Gasteiger partial charge in [0.25, 0.3) is 0 Å². The Labute approximate surface area is 290 Å². The fourth-order valence-electron chi connectivity index (χ4n) is 6.62. The fourth-order valence-corrected chi connectivity index (χ4v) is 6.62. The molecule has 2 N–H and O–H groups in total. The molecule has 0 spiro atoms. The highest BCUT2D eigenvalue weighted by Crippen LogP contribution is 2.38. The van der Waals surface area contributed by atoms with Crippen LogP contribution in [-0.2, 0) is 40.8 Å². The Hall–Kier alpha value is -5.32. The van der Waals surface area contributed by atoms with E-state index in [0.29, 0.717) is 43.5 Å². The lowest BCUT2D eigenvalue weighted by atomic mass is 9.74. The van der Waals surface area contributed by atoms with Gasteiger partial charge in [-0.05, 0) is 81.3 Å². The third kappa shape index (κ3) is 7.77. The number of likely N-dealkylation sites (N-methyl/N-ethyl adjacent to an activating group) is 1. The van der Waals surface area contributed by atoms with Gasteiger partial charge in [-0.2, -0.15) is 0 Å². The number of benzene rings is 3. The molecular weight excluding hydrogens is 638 g/mol. The van der Waals surface area contributed by atoms with Crippen molar-refractivity contribution in [2.75, 3.05) is 13.7 Å². The van der Waals surface area contributed by atoms with Crippen LogP contribution in [0.3, 0.4) is 0 Å². The molecule has 11 heteroatoms. The number of halogens is 2. The van der Waals surface area contributed by atoms with E-state index in [-0.39, 0.29) is 23.0 Å². The van der Waals surface area contributed by atoms with Gasteiger partial charge in [-0.25, -0.2) is 8.78 Å². The predicted octanol–water partition coefficient (Wildman–Crippen LogP) is 7.73. The molecule has 4 bridgehead atoms. The molecule has 260 valence electrons. The van der Waals surface area contributed by atoms with Crippen molar-refractivity contribution in [2.45, 2.75) is 70.8 Å². The number of nitrogens with one attached hydrogen (secondary N) is 2. The second-order valence-corrected chi connectivity index (χ2v) is 12.7. The molecule has 1 aliphatic heterocycles. The number of fused-ring (bicyclic) bond motifs is 7. The van der Waals surface area contributed by atoms with Crippen molar-refractivity contribution in [2.24, 2.45) is 4.99 Å². The van der Waals surface area contributed by atoms with Crippen LogP contribution in [0.25, 0.3) is 10.9 Å². The van der Waals surface area contributed by atoms with Gasteiger partial charge in [0.1, 0.15) is 11.6 Å². The molecule has 0 radical (unpaired) electrons. The minimum absolute atomic E-state index is 0.0824. The molecular formula is C39H42F2N6O3. The Balaban J connectivity index is 1.38. The Morgan fingerprint density at radius 3 is 2.82 bits per heavy atom. The lowest BCUT2D eigenvalue weighted by Crippen LogP contribution is -2.32. The Morgan fingerprint density at radius 2 is 1.98 bits per heavy atom. The van der Waals surface area contributed by atoms with Crippen molar-refractivity contribution in [1.82, 2.24) is 25.3 Å². The Morgan fingerprint density at radius 1 is 1.10 bits per heavy atom. The molecule has 0 saturated carbocycles. The molecule has 3 aromatic carbocycles. The zero-order chi connectivity index (χ0) is 35.1. The van der Waals surface area contributed by atoms with Crippen LogP contribution in [0, 0.1) is 11.6 Å². The summed E-state index contributed by atoms with van der Waals surface area (Å²) in [5.74, 6) is -0.866. The highest BCUT2D eigenvalue weighted by molar-refractivity contribution is 5.86. The first-order valence-corrected chi connectivity index (χ1v) is 17.1. The van der Waals surface area contributed by atoms with E-state index < -0.39 is 17.0 Å². The summed E-state index contributed by atoms with van der Waals surface area (Å²) in [5, 5.41) is 13.0. The highest BCUT2D eigenvalue weighted by Gasteiger charge is 2.31. The number of aliphatic imine (C=N–C) groups is 1. The first-order valence-electron chi connectivity index (χ1n) is 17.1. The van der Waals surface area contributed by atoms with Crippen molar-refractivity contribution < 1.29 is 23.0 Å². The zero-order valence-electron chi connectivity index (χ0n) is 28.6. The van der Waals surface area contributed by atoms with E-state index in [1.807, 2.05) is 31.4 Å². The minimum Gasteiger partial charge on any atom is -0.466 e. The van der Waals surface area contributed by atoms with Gasteiger partial charge in [-0.15, -0.1) is 5.10 Å². The molecule has 2 aromatic heterocycles. The maximum Gasteiger partial charge on any atom is 0.306 e. The van der Waals surface area contributed by atoms with Crippen LogP contribution in [0.4, 0.5) is 8.78 Å². The molecule has 1 atom stereocenters. The normalized spacial score (nSPS) is 18.1. The van der Waals surface area contributed by atoms with Crippen LogP contribution >= 0.6 is 0 Å². The Bertz CT molecular complexity index is 2030. The monoisotopic (exact) mass is 680 g/mol. The first kappa shape index (κ1) is 34.5. The van der Waals surface area contributed by atoms with Gasteiger partial charge in [0.2, 0.25) is 0 Å². The van der Waals surface area contributed by atoms with E-state index in [1.165, 1.54) is 30.5 Å². The number of H-pyrrole nitrogens is 1. The van der Waals surface area contributed by atoms with Crippen LogP contribution in [-0.4, -0.2) is 45.8 Å². The maximum absolute atomic E-state index is 15.6.